The number of urea groups is 1. The number of carbonyl (C=O) groups is 2. The van der Waals surface area contributed by atoms with Crippen LogP contribution in [-0.4, -0.2) is 28.4 Å². The smallest absolute Gasteiger partial charge is 0.336 e. The fraction of sp³-hybridized carbons (Fsp3) is 0.538. The van der Waals surface area contributed by atoms with E-state index in [1.54, 1.807) is 32.0 Å². The summed E-state index contributed by atoms with van der Waals surface area (Å²) in [6.45, 7) is 5.88. The molecule has 1 heterocycles. The van der Waals surface area contributed by atoms with Crippen LogP contribution in [0, 0.1) is 16.0 Å². The summed E-state index contributed by atoms with van der Waals surface area (Å²) in [5, 5.41) is 11.9. The van der Waals surface area contributed by atoms with Crippen LogP contribution >= 0.6 is 0 Å². The van der Waals surface area contributed by atoms with Gasteiger partial charge >= 0.3 is 12.0 Å². The largest absolute Gasteiger partial charge is 0.462 e. The van der Waals surface area contributed by atoms with Crippen molar-refractivity contribution in [2.75, 3.05) is 6.61 Å². The Kier molecular flexibility index (Phi) is 8.47. The van der Waals surface area contributed by atoms with E-state index in [-0.39, 0.29) is 23.8 Å². The van der Waals surface area contributed by atoms with Gasteiger partial charge in [-0.3, -0.25) is 15.0 Å². The van der Waals surface area contributed by atoms with Crippen LogP contribution in [0.5, 0.6) is 0 Å². The number of carbonyl (C=O) groups excluding carboxylic acids is 2. The first-order valence-corrected chi connectivity index (χ1v) is 12.2. The number of hydrogen-bond acceptors (Lipinski definition) is 5. The first-order valence-electron chi connectivity index (χ1n) is 12.2. The van der Waals surface area contributed by atoms with E-state index < -0.39 is 22.8 Å². The molecule has 34 heavy (non-hydrogen) atoms. The Bertz CT molecular complexity index is 1010. The number of esters is 1. The number of primary amides is 1. The molecule has 1 unspecified atom stereocenters. The summed E-state index contributed by atoms with van der Waals surface area (Å²) in [4.78, 5) is 38.6. The minimum Gasteiger partial charge on any atom is -0.462 e. The van der Waals surface area contributed by atoms with E-state index in [4.69, 9.17) is 10.5 Å². The Morgan fingerprint density at radius 1 is 1.09 bits per heavy atom. The van der Waals surface area contributed by atoms with Gasteiger partial charge in [0.1, 0.15) is 0 Å². The van der Waals surface area contributed by atoms with Crippen molar-refractivity contribution >= 4 is 17.7 Å². The highest BCUT2D eigenvalue weighted by Gasteiger charge is 2.45. The molecule has 8 heteroatoms. The van der Waals surface area contributed by atoms with Crippen molar-refractivity contribution < 1.29 is 19.2 Å². The number of allylic oxidation sites excluding steroid dienone is 3. The first kappa shape index (κ1) is 25.5. The maximum Gasteiger partial charge on any atom is 0.336 e. The average Bonchev–Trinajstić information content (AvgIpc) is 3.62. The molecule has 1 aromatic carbocycles. The lowest BCUT2D eigenvalue weighted by Crippen LogP contribution is -2.39. The van der Waals surface area contributed by atoms with E-state index >= 15 is 0 Å². The maximum atomic E-state index is 13.4. The quantitative estimate of drug-likeness (QED) is 0.186. The number of rotatable bonds is 11. The highest BCUT2D eigenvalue weighted by atomic mass is 16.6. The van der Waals surface area contributed by atoms with Gasteiger partial charge in [-0.2, -0.15) is 0 Å². The fourth-order valence-corrected chi connectivity index (χ4v) is 4.94. The van der Waals surface area contributed by atoms with Crippen molar-refractivity contribution in [1.82, 2.24) is 4.90 Å². The average molecular weight is 470 g/mol. The van der Waals surface area contributed by atoms with E-state index in [9.17, 15) is 19.7 Å². The van der Waals surface area contributed by atoms with E-state index in [0.29, 0.717) is 17.0 Å². The monoisotopic (exact) mass is 469 g/mol. The van der Waals surface area contributed by atoms with Crippen molar-refractivity contribution in [3.63, 3.8) is 0 Å². The second kappa shape index (κ2) is 11.3. The molecule has 0 bridgehead atoms. The van der Waals surface area contributed by atoms with Crippen molar-refractivity contribution in [2.24, 2.45) is 11.7 Å². The zero-order valence-electron chi connectivity index (χ0n) is 20.3. The molecule has 1 fully saturated rings. The summed E-state index contributed by atoms with van der Waals surface area (Å²) in [6, 6.07) is 5.80. The van der Waals surface area contributed by atoms with E-state index in [1.807, 2.05) is 0 Å². The van der Waals surface area contributed by atoms with Crippen LogP contribution in [0.4, 0.5) is 10.5 Å². The molecule has 0 saturated heterocycles. The first-order chi connectivity index (χ1) is 16.3. The van der Waals surface area contributed by atoms with E-state index in [1.165, 1.54) is 23.8 Å². The molecule has 8 nitrogen and oxygen atoms in total. The zero-order chi connectivity index (χ0) is 24.8. The van der Waals surface area contributed by atoms with Gasteiger partial charge in [0.05, 0.1) is 17.1 Å². The Balaban J connectivity index is 1.97. The number of nitro benzene ring substituents is 1. The van der Waals surface area contributed by atoms with Crippen LogP contribution in [0.3, 0.4) is 0 Å². The van der Waals surface area contributed by atoms with Gasteiger partial charge in [0, 0.05) is 28.9 Å². The van der Waals surface area contributed by atoms with Crippen LogP contribution in [0.15, 0.2) is 46.8 Å². The number of benzene rings is 1. The highest BCUT2D eigenvalue weighted by Crippen LogP contribution is 2.53. The summed E-state index contributed by atoms with van der Waals surface area (Å²) in [5.74, 6) is -1.06. The summed E-state index contributed by atoms with van der Waals surface area (Å²) in [6.07, 6.45) is 8.14. The van der Waals surface area contributed by atoms with Crippen molar-refractivity contribution in [1.29, 1.82) is 0 Å². The number of nitrogens with two attached hydrogens (primary N) is 1. The molecule has 2 amide bonds. The second-order valence-electron chi connectivity index (χ2n) is 9.14. The summed E-state index contributed by atoms with van der Waals surface area (Å²) in [7, 11) is 0. The molecular formula is C26H35N3O5. The Labute approximate surface area is 201 Å². The van der Waals surface area contributed by atoms with Gasteiger partial charge in [-0.25, -0.2) is 9.59 Å². The van der Waals surface area contributed by atoms with Crippen LogP contribution < -0.4 is 5.73 Å². The second-order valence-corrected chi connectivity index (χ2v) is 9.14. The lowest BCUT2D eigenvalue weighted by atomic mass is 9.77. The summed E-state index contributed by atoms with van der Waals surface area (Å²) in [5.41, 5.74) is 8.17. The molecule has 0 aromatic heterocycles. The van der Waals surface area contributed by atoms with Crippen LogP contribution in [0.1, 0.15) is 83.6 Å². The molecule has 2 aliphatic rings. The maximum absolute atomic E-state index is 13.4. The van der Waals surface area contributed by atoms with Crippen molar-refractivity contribution in [2.45, 2.75) is 78.1 Å². The third kappa shape index (κ3) is 5.48. The predicted octanol–water partition coefficient (Wildman–Crippen LogP) is 5.93. The molecule has 1 aliphatic carbocycles. The normalized spacial score (nSPS) is 18.3. The zero-order valence-corrected chi connectivity index (χ0v) is 20.3. The Morgan fingerprint density at radius 3 is 2.35 bits per heavy atom. The summed E-state index contributed by atoms with van der Waals surface area (Å²) < 4.78 is 5.65. The molecule has 0 radical (unpaired) electrons. The van der Waals surface area contributed by atoms with Gasteiger partial charge < -0.3 is 10.5 Å². The van der Waals surface area contributed by atoms with Gasteiger partial charge in [0.25, 0.3) is 5.69 Å². The van der Waals surface area contributed by atoms with Gasteiger partial charge in [0.15, 0.2) is 0 Å². The number of para-hydroxylation sites is 1. The third-order valence-electron chi connectivity index (χ3n) is 6.71. The van der Waals surface area contributed by atoms with Crippen LogP contribution in [-0.2, 0) is 9.53 Å². The fourth-order valence-electron chi connectivity index (χ4n) is 4.94. The molecule has 1 aromatic rings. The topological polar surface area (TPSA) is 116 Å². The third-order valence-corrected chi connectivity index (χ3v) is 6.71. The lowest BCUT2D eigenvalue weighted by Gasteiger charge is -2.36. The van der Waals surface area contributed by atoms with Gasteiger partial charge in [-0.15, -0.1) is 0 Å². The molecule has 1 aliphatic heterocycles. The van der Waals surface area contributed by atoms with E-state index in [0.717, 1.165) is 44.1 Å². The van der Waals surface area contributed by atoms with Gasteiger partial charge in [-0.1, -0.05) is 57.2 Å². The lowest BCUT2D eigenvalue weighted by molar-refractivity contribution is -0.385. The van der Waals surface area contributed by atoms with E-state index in [2.05, 4.69) is 6.92 Å². The number of nitro groups is 1. The Morgan fingerprint density at radius 2 is 1.74 bits per heavy atom. The number of ether oxygens (including phenoxy) is 1. The Hall–Kier alpha value is -3.16. The number of unbranched alkanes of at least 4 members (excludes halogenated alkanes) is 5. The van der Waals surface area contributed by atoms with Crippen molar-refractivity contribution in [3.05, 3.63) is 62.5 Å². The molecular weight excluding hydrogens is 434 g/mol. The predicted molar refractivity (Wildman–Crippen MR) is 130 cm³/mol. The molecule has 2 N–H and O–H groups in total. The molecule has 3 rings (SSSR count). The van der Waals surface area contributed by atoms with Crippen LogP contribution in [0.25, 0.3) is 0 Å². The highest BCUT2D eigenvalue weighted by molar-refractivity contribution is 5.94. The minimum atomic E-state index is -0.685. The van der Waals surface area contributed by atoms with Gasteiger partial charge in [0.2, 0.25) is 0 Å². The molecule has 184 valence electrons. The SMILES string of the molecule is CCCCCCCCOC(=O)C1=C(C)N(C(N)=O)C(C)=C(C2CC2)C1c1ccccc1[N+](=O)[O-]. The number of hydrogen-bond donors (Lipinski definition) is 1. The molecule has 1 saturated carbocycles. The van der Waals surface area contributed by atoms with Gasteiger partial charge in [-0.05, 0) is 44.6 Å². The summed E-state index contributed by atoms with van der Waals surface area (Å²) >= 11 is 0. The number of nitrogens with zero attached hydrogens (tertiary/aromatic N) is 2. The standard InChI is InChI=1S/C26H35N3O5/c1-4-5-6-7-8-11-16-34-25(30)23-18(3)28(26(27)31)17(2)22(19-14-15-19)24(23)20-12-9-10-13-21(20)29(32)33/h9-10,12-13,19,24H,4-8,11,14-16H2,1-3H3,(H2,27,31). The van der Waals surface area contributed by atoms with Crippen molar-refractivity contribution in [3.8, 4) is 0 Å². The minimum absolute atomic E-state index is 0.0556. The van der Waals surface area contributed by atoms with Crippen LogP contribution in [0.2, 0.25) is 0 Å². The number of amides is 2. The molecule has 0 spiro atoms. The molecule has 1 atom stereocenters.